The van der Waals surface area contributed by atoms with Gasteiger partial charge in [0, 0.05) is 12.7 Å². The van der Waals surface area contributed by atoms with Crippen molar-refractivity contribution in [3.63, 3.8) is 0 Å². The molecule has 0 radical (unpaired) electrons. The number of anilines is 2. The Bertz CT molecular complexity index is 1150. The van der Waals surface area contributed by atoms with E-state index in [0.29, 0.717) is 23.2 Å². The highest BCUT2D eigenvalue weighted by atomic mass is 19.1. The summed E-state index contributed by atoms with van der Waals surface area (Å²) in [5.41, 5.74) is 0.861. The minimum atomic E-state index is -1.65. The van der Waals surface area contributed by atoms with E-state index in [-0.39, 0.29) is 12.7 Å². The van der Waals surface area contributed by atoms with Crippen molar-refractivity contribution in [1.29, 1.82) is 5.26 Å². The van der Waals surface area contributed by atoms with Crippen LogP contribution >= 0.6 is 0 Å². The molecule has 4 heterocycles. The van der Waals surface area contributed by atoms with E-state index < -0.39 is 12.0 Å². The summed E-state index contributed by atoms with van der Waals surface area (Å²) in [6.45, 7) is 0.222. The zero-order valence-corrected chi connectivity index (χ0v) is 16.8. The van der Waals surface area contributed by atoms with E-state index in [1.165, 1.54) is 11.1 Å². The lowest BCUT2D eigenvalue weighted by molar-refractivity contribution is -0.0178. The summed E-state index contributed by atoms with van der Waals surface area (Å²) in [6.07, 6.45) is 5.43. The maximum absolute atomic E-state index is 15.1. The van der Waals surface area contributed by atoms with Gasteiger partial charge in [-0.3, -0.25) is 4.90 Å². The van der Waals surface area contributed by atoms with Gasteiger partial charge in [-0.05, 0) is 37.8 Å². The van der Waals surface area contributed by atoms with Crippen molar-refractivity contribution in [2.45, 2.75) is 37.7 Å². The van der Waals surface area contributed by atoms with Gasteiger partial charge in [0.15, 0.2) is 17.8 Å². The second kappa shape index (κ2) is 6.42. The largest absolute Gasteiger partial charge is 0.370 e. The van der Waals surface area contributed by atoms with Gasteiger partial charge in [-0.2, -0.15) is 14.6 Å². The Hall–Kier alpha value is -3.65. The Morgan fingerprint density at radius 1 is 1.29 bits per heavy atom. The summed E-state index contributed by atoms with van der Waals surface area (Å²) in [5.74, 6) is 1.59. The third kappa shape index (κ3) is 2.36. The minimum Gasteiger partial charge on any atom is -0.370 e. The number of alkyl halides is 1. The van der Waals surface area contributed by atoms with Gasteiger partial charge in [0.1, 0.15) is 12.3 Å². The van der Waals surface area contributed by atoms with Crippen LogP contribution in [0.2, 0.25) is 0 Å². The Morgan fingerprint density at radius 3 is 2.87 bits per heavy atom. The summed E-state index contributed by atoms with van der Waals surface area (Å²) < 4.78 is 26.5. The number of benzene rings is 1. The van der Waals surface area contributed by atoms with Gasteiger partial charge >= 0.3 is 6.01 Å². The van der Waals surface area contributed by atoms with Crippen LogP contribution in [0.5, 0.6) is 0 Å². The van der Waals surface area contributed by atoms with Crippen LogP contribution in [-0.4, -0.2) is 46.1 Å². The van der Waals surface area contributed by atoms with E-state index in [4.69, 9.17) is 9.26 Å². The molecule has 1 aromatic carbocycles. The van der Waals surface area contributed by atoms with Crippen molar-refractivity contribution >= 4 is 17.5 Å². The van der Waals surface area contributed by atoms with E-state index in [2.05, 4.69) is 15.1 Å². The summed E-state index contributed by atoms with van der Waals surface area (Å²) in [6, 6.07) is 7.63. The maximum Gasteiger partial charge on any atom is 0.345 e. The highest BCUT2D eigenvalue weighted by molar-refractivity contribution is 6.09. The summed E-state index contributed by atoms with van der Waals surface area (Å²) in [7, 11) is 1.67. The topological polar surface area (TPSA) is 97.3 Å². The lowest BCUT2D eigenvalue weighted by atomic mass is 10.0. The number of hydrogen-bond donors (Lipinski definition) is 0. The first kappa shape index (κ1) is 18.1. The lowest BCUT2D eigenvalue weighted by Gasteiger charge is -2.39. The van der Waals surface area contributed by atoms with E-state index >= 15 is 4.39 Å². The molecule has 1 unspecified atom stereocenters. The van der Waals surface area contributed by atoms with Crippen LogP contribution in [-0.2, 0) is 10.3 Å². The number of hydrogen-bond acceptors (Lipinski definition) is 10. The standard InChI is InChI=1S/C20H19FN8O2/c1-30-20(8-4-5-9-20)17-24-19(31-25-17)27-12-23-16-13-6-2-3-7-14(13)28-15(29(16)27)10-26(11-22)18(28)21/h2-3,6-7,10,18H,4-5,8-9,12H2,1H3. The number of amidine groups is 1. The van der Waals surface area contributed by atoms with Crippen LogP contribution in [0.25, 0.3) is 0 Å². The quantitative estimate of drug-likeness (QED) is 0.546. The minimum absolute atomic E-state index is 0.222. The van der Waals surface area contributed by atoms with Crippen molar-refractivity contribution in [3.8, 4) is 6.19 Å². The average Bonchev–Trinajstić information content (AvgIpc) is 3.58. The number of ether oxygens (including phenoxy) is 1. The van der Waals surface area contributed by atoms with Crippen molar-refractivity contribution < 1.29 is 13.7 Å². The maximum atomic E-state index is 15.1. The first-order valence-corrected chi connectivity index (χ1v) is 10.1. The zero-order chi connectivity index (χ0) is 21.2. The van der Waals surface area contributed by atoms with Crippen LogP contribution in [0.4, 0.5) is 16.1 Å². The number of methoxy groups -OCH3 is 1. The second-order valence-electron chi connectivity index (χ2n) is 7.83. The van der Waals surface area contributed by atoms with Crippen LogP contribution in [0.3, 0.4) is 0 Å². The molecule has 1 saturated carbocycles. The predicted molar refractivity (Wildman–Crippen MR) is 107 cm³/mol. The van der Waals surface area contributed by atoms with Crippen molar-refractivity contribution in [1.82, 2.24) is 20.0 Å². The summed E-state index contributed by atoms with van der Waals surface area (Å²) >= 11 is 0. The monoisotopic (exact) mass is 422 g/mol. The molecule has 10 nitrogen and oxygen atoms in total. The van der Waals surface area contributed by atoms with E-state index in [1.54, 1.807) is 17.1 Å². The third-order valence-electron chi connectivity index (χ3n) is 6.32. The van der Waals surface area contributed by atoms with Crippen molar-refractivity contribution in [2.75, 3.05) is 23.7 Å². The molecule has 3 aliphatic heterocycles. The molecule has 6 rings (SSSR count). The molecule has 11 heteroatoms. The van der Waals surface area contributed by atoms with Crippen molar-refractivity contribution in [3.05, 3.63) is 47.7 Å². The van der Waals surface area contributed by atoms with Gasteiger partial charge in [0.05, 0.1) is 11.9 Å². The number of aliphatic imine (C=N–C) groups is 1. The lowest BCUT2D eigenvalue weighted by Crippen LogP contribution is -2.51. The molecular weight excluding hydrogens is 403 g/mol. The fraction of sp³-hybridized carbons (Fsp3) is 0.400. The third-order valence-corrected chi connectivity index (χ3v) is 6.32. The molecule has 1 aliphatic carbocycles. The SMILES string of the molecule is COC1(c2noc(N3CN=C4c5ccccc5N5C(=CN(C#N)C5F)N43)n2)CCCC1. The summed E-state index contributed by atoms with van der Waals surface area (Å²) in [4.78, 5) is 11.7. The molecular formula is C20H19FN8O2. The molecule has 0 amide bonds. The first-order valence-electron chi connectivity index (χ1n) is 10.1. The molecule has 0 saturated heterocycles. The molecule has 0 N–H and O–H groups in total. The van der Waals surface area contributed by atoms with E-state index in [9.17, 15) is 5.26 Å². The Labute approximate surface area is 177 Å². The molecule has 31 heavy (non-hydrogen) atoms. The zero-order valence-electron chi connectivity index (χ0n) is 16.8. The van der Waals surface area contributed by atoms with Gasteiger partial charge in [-0.15, -0.1) is 0 Å². The fourth-order valence-corrected chi connectivity index (χ4v) is 4.75. The molecule has 1 fully saturated rings. The van der Waals surface area contributed by atoms with E-state index in [0.717, 1.165) is 36.1 Å². The highest BCUT2D eigenvalue weighted by Gasteiger charge is 2.48. The number of aromatic nitrogens is 2. The Kier molecular flexibility index (Phi) is 3.76. The molecule has 2 aromatic rings. The number of fused-ring (bicyclic) bond motifs is 6. The molecule has 158 valence electrons. The Morgan fingerprint density at radius 2 is 2.10 bits per heavy atom. The van der Waals surface area contributed by atoms with Gasteiger partial charge < -0.3 is 9.26 Å². The van der Waals surface area contributed by atoms with Crippen LogP contribution in [0.1, 0.15) is 37.1 Å². The highest BCUT2D eigenvalue weighted by Crippen LogP contribution is 2.44. The second-order valence-corrected chi connectivity index (χ2v) is 7.83. The number of nitriles is 1. The summed E-state index contributed by atoms with van der Waals surface area (Å²) in [5, 5.41) is 17.0. The number of nitrogens with zero attached hydrogens (tertiary/aromatic N) is 8. The van der Waals surface area contributed by atoms with Crippen molar-refractivity contribution in [2.24, 2.45) is 4.99 Å². The number of para-hydroxylation sites is 1. The van der Waals surface area contributed by atoms with E-state index in [1.807, 2.05) is 30.5 Å². The number of rotatable bonds is 3. The predicted octanol–water partition coefficient (Wildman–Crippen LogP) is 2.60. The van der Waals surface area contributed by atoms with Crippen LogP contribution < -0.4 is 9.91 Å². The molecule has 0 bridgehead atoms. The van der Waals surface area contributed by atoms with Gasteiger partial charge in [-0.1, -0.05) is 17.3 Å². The van der Waals surface area contributed by atoms with Gasteiger partial charge in [0.25, 0.3) is 6.42 Å². The smallest absolute Gasteiger partial charge is 0.345 e. The molecule has 1 aromatic heterocycles. The van der Waals surface area contributed by atoms with Gasteiger partial charge in [0.2, 0.25) is 5.82 Å². The average molecular weight is 422 g/mol. The fourth-order valence-electron chi connectivity index (χ4n) is 4.75. The molecule has 1 atom stereocenters. The van der Waals surface area contributed by atoms with Crippen LogP contribution in [0, 0.1) is 11.5 Å². The van der Waals surface area contributed by atoms with Gasteiger partial charge in [-0.25, -0.2) is 19.9 Å². The molecule has 0 spiro atoms. The number of hydrazine groups is 1. The first-order chi connectivity index (χ1) is 15.2. The van der Waals surface area contributed by atoms with Crippen LogP contribution in [0.15, 0.2) is 45.8 Å². The normalized spacial score (nSPS) is 23.3. The Balaban J connectivity index is 1.42. The number of halogens is 1. The molecule has 4 aliphatic rings.